The van der Waals surface area contributed by atoms with Gasteiger partial charge >= 0.3 is 0 Å². The maximum absolute atomic E-state index is 12.5. The van der Waals surface area contributed by atoms with Crippen molar-refractivity contribution in [1.82, 2.24) is 4.72 Å². The Hall–Kier alpha value is -1.36. The molecule has 0 saturated heterocycles. The first-order valence-corrected chi connectivity index (χ1v) is 8.70. The molecule has 0 fully saturated rings. The number of alkyl halides is 1. The highest BCUT2D eigenvalue weighted by Gasteiger charge is 2.34. The fourth-order valence-electron chi connectivity index (χ4n) is 2.70. The Morgan fingerprint density at radius 1 is 1.14 bits per heavy atom. The monoisotopic (exact) mass is 321 g/mol. The summed E-state index contributed by atoms with van der Waals surface area (Å²) in [6, 6.07) is 14.3. The van der Waals surface area contributed by atoms with Crippen molar-refractivity contribution >= 4 is 21.6 Å². The fraction of sp³-hybridized carbons (Fsp3) is 0.250. The number of hydrogen-bond donors (Lipinski definition) is 1. The summed E-state index contributed by atoms with van der Waals surface area (Å²) in [6.07, 6.45) is 0.679. The predicted octanol–water partition coefficient (Wildman–Crippen LogP) is 3.18. The van der Waals surface area contributed by atoms with Crippen LogP contribution in [0.5, 0.6) is 0 Å². The van der Waals surface area contributed by atoms with Gasteiger partial charge in [0.25, 0.3) is 0 Å². The lowest BCUT2D eigenvalue weighted by Gasteiger charge is -2.17. The molecule has 2 atom stereocenters. The minimum absolute atomic E-state index is 0.262. The van der Waals surface area contributed by atoms with Crippen LogP contribution in [0.3, 0.4) is 0 Å². The Balaban J connectivity index is 1.93. The van der Waals surface area contributed by atoms with Crippen LogP contribution < -0.4 is 4.72 Å². The van der Waals surface area contributed by atoms with Crippen molar-refractivity contribution in [1.29, 1.82) is 0 Å². The molecule has 2 unspecified atom stereocenters. The zero-order valence-electron chi connectivity index (χ0n) is 11.6. The average Bonchev–Trinajstić information content (AvgIpc) is 2.75. The van der Waals surface area contributed by atoms with Crippen LogP contribution in [-0.2, 0) is 16.4 Å². The van der Waals surface area contributed by atoms with Gasteiger partial charge in [0.2, 0.25) is 10.0 Å². The van der Waals surface area contributed by atoms with Crippen molar-refractivity contribution in [3.8, 4) is 0 Å². The van der Waals surface area contributed by atoms with Crippen LogP contribution in [0, 0.1) is 6.92 Å². The number of benzene rings is 2. The van der Waals surface area contributed by atoms with Gasteiger partial charge in [0, 0.05) is 0 Å². The molecule has 1 aliphatic carbocycles. The first-order valence-electron chi connectivity index (χ1n) is 6.78. The van der Waals surface area contributed by atoms with E-state index < -0.39 is 10.0 Å². The smallest absolute Gasteiger partial charge is 0.207 e. The quantitative estimate of drug-likeness (QED) is 0.883. The lowest BCUT2D eigenvalue weighted by molar-refractivity contribution is 0.556. The van der Waals surface area contributed by atoms with Gasteiger partial charge in [-0.25, -0.2) is 13.1 Å². The normalized spacial score (nSPS) is 21.2. The van der Waals surface area contributed by atoms with E-state index in [9.17, 15) is 8.42 Å². The van der Waals surface area contributed by atoms with Gasteiger partial charge in [0.1, 0.15) is 0 Å². The van der Waals surface area contributed by atoms with Gasteiger partial charge in [-0.1, -0.05) is 36.4 Å². The van der Waals surface area contributed by atoms with E-state index in [0.29, 0.717) is 6.42 Å². The Kier molecular flexibility index (Phi) is 3.78. The van der Waals surface area contributed by atoms with E-state index in [1.807, 2.05) is 37.3 Å². The van der Waals surface area contributed by atoms with E-state index in [1.54, 1.807) is 18.2 Å². The third kappa shape index (κ3) is 2.84. The van der Waals surface area contributed by atoms with Gasteiger partial charge in [0.15, 0.2) is 0 Å². The second-order valence-electron chi connectivity index (χ2n) is 5.33. The van der Waals surface area contributed by atoms with Crippen LogP contribution in [0.2, 0.25) is 0 Å². The summed E-state index contributed by atoms with van der Waals surface area (Å²) in [6.45, 7) is 1.87. The first-order chi connectivity index (χ1) is 9.97. The fourth-order valence-corrected chi connectivity index (χ4v) is 4.50. The number of sulfonamides is 1. The molecule has 0 spiro atoms. The molecule has 2 aromatic carbocycles. The molecular formula is C16H16ClNO2S. The summed E-state index contributed by atoms with van der Waals surface area (Å²) >= 11 is 6.34. The van der Waals surface area contributed by atoms with Crippen LogP contribution in [0.1, 0.15) is 22.7 Å². The molecule has 21 heavy (non-hydrogen) atoms. The summed E-state index contributed by atoms with van der Waals surface area (Å²) in [4.78, 5) is 0.274. The molecule has 2 aromatic rings. The van der Waals surface area contributed by atoms with E-state index >= 15 is 0 Å². The third-order valence-electron chi connectivity index (χ3n) is 3.75. The van der Waals surface area contributed by atoms with Crippen LogP contribution in [0.25, 0.3) is 0 Å². The van der Waals surface area contributed by atoms with E-state index in [2.05, 4.69) is 4.72 Å². The van der Waals surface area contributed by atoms with Crippen molar-refractivity contribution in [3.63, 3.8) is 0 Å². The number of nitrogens with one attached hydrogen (secondary N) is 1. The van der Waals surface area contributed by atoms with Gasteiger partial charge in [-0.3, -0.25) is 0 Å². The summed E-state index contributed by atoms with van der Waals surface area (Å²) in [7, 11) is -3.58. The van der Waals surface area contributed by atoms with Crippen molar-refractivity contribution in [2.45, 2.75) is 29.7 Å². The predicted molar refractivity (Wildman–Crippen MR) is 84.0 cm³/mol. The lowest BCUT2D eigenvalue weighted by Crippen LogP contribution is -2.31. The first kappa shape index (κ1) is 14.6. The van der Waals surface area contributed by atoms with Crippen molar-refractivity contribution in [3.05, 3.63) is 65.2 Å². The number of aryl methyl sites for hydroxylation is 1. The molecule has 0 amide bonds. The maximum Gasteiger partial charge on any atom is 0.241 e. The lowest BCUT2D eigenvalue weighted by atomic mass is 10.1. The molecule has 0 saturated carbocycles. The Morgan fingerprint density at radius 3 is 2.67 bits per heavy atom. The molecule has 3 rings (SSSR count). The summed E-state index contributed by atoms with van der Waals surface area (Å²) in [5.74, 6) is 0. The molecule has 1 aliphatic rings. The van der Waals surface area contributed by atoms with Crippen LogP contribution in [-0.4, -0.2) is 13.8 Å². The molecule has 5 heteroatoms. The maximum atomic E-state index is 12.5. The summed E-state index contributed by atoms with van der Waals surface area (Å²) in [5.41, 5.74) is 2.98. The van der Waals surface area contributed by atoms with Gasteiger partial charge < -0.3 is 0 Å². The van der Waals surface area contributed by atoms with E-state index in [-0.39, 0.29) is 16.3 Å². The third-order valence-corrected chi connectivity index (χ3v) is 5.59. The molecular weight excluding hydrogens is 306 g/mol. The Morgan fingerprint density at radius 2 is 1.90 bits per heavy atom. The van der Waals surface area contributed by atoms with Gasteiger partial charge in [0.05, 0.1) is 16.3 Å². The molecule has 0 aromatic heterocycles. The van der Waals surface area contributed by atoms with Gasteiger partial charge in [-0.05, 0) is 42.2 Å². The minimum Gasteiger partial charge on any atom is -0.207 e. The number of fused-ring (bicyclic) bond motifs is 1. The van der Waals surface area contributed by atoms with Crippen molar-refractivity contribution in [2.24, 2.45) is 0 Å². The standard InChI is InChI=1S/C16H16ClNO2S/c1-11-5-4-7-13(9-11)21(19,20)18-16-14-8-3-2-6-12(14)10-15(16)17/h2-9,15-16,18H,10H2,1H3. The van der Waals surface area contributed by atoms with E-state index in [0.717, 1.165) is 16.7 Å². The molecule has 1 N–H and O–H groups in total. The topological polar surface area (TPSA) is 46.2 Å². The van der Waals surface area contributed by atoms with Crippen LogP contribution >= 0.6 is 11.6 Å². The molecule has 0 radical (unpaired) electrons. The molecule has 0 aliphatic heterocycles. The van der Waals surface area contributed by atoms with Gasteiger partial charge in [-0.2, -0.15) is 0 Å². The number of rotatable bonds is 3. The molecule has 0 heterocycles. The van der Waals surface area contributed by atoms with Gasteiger partial charge in [-0.15, -0.1) is 11.6 Å². The van der Waals surface area contributed by atoms with E-state index in [4.69, 9.17) is 11.6 Å². The summed E-state index contributed by atoms with van der Waals surface area (Å²) < 4.78 is 27.8. The number of halogens is 1. The second kappa shape index (κ2) is 5.44. The largest absolute Gasteiger partial charge is 0.241 e. The zero-order chi connectivity index (χ0) is 15.0. The highest BCUT2D eigenvalue weighted by Crippen LogP contribution is 2.35. The molecule has 110 valence electrons. The van der Waals surface area contributed by atoms with E-state index in [1.165, 1.54) is 0 Å². The van der Waals surface area contributed by atoms with Crippen molar-refractivity contribution in [2.75, 3.05) is 0 Å². The van der Waals surface area contributed by atoms with Crippen LogP contribution in [0.15, 0.2) is 53.4 Å². The minimum atomic E-state index is -3.58. The SMILES string of the molecule is Cc1cccc(S(=O)(=O)NC2c3ccccc3CC2Cl)c1. The van der Waals surface area contributed by atoms with Crippen LogP contribution in [0.4, 0.5) is 0 Å². The highest BCUT2D eigenvalue weighted by atomic mass is 35.5. The molecule has 3 nitrogen and oxygen atoms in total. The Labute approximate surface area is 130 Å². The highest BCUT2D eigenvalue weighted by molar-refractivity contribution is 7.89. The average molecular weight is 322 g/mol. The zero-order valence-corrected chi connectivity index (χ0v) is 13.2. The number of hydrogen-bond acceptors (Lipinski definition) is 2. The Bertz CT molecular complexity index is 773. The second-order valence-corrected chi connectivity index (χ2v) is 7.61. The summed E-state index contributed by atoms with van der Waals surface area (Å²) in [5, 5.41) is -0.262. The molecule has 0 bridgehead atoms. The van der Waals surface area contributed by atoms with Crippen molar-refractivity contribution < 1.29 is 8.42 Å².